The van der Waals surface area contributed by atoms with Crippen LogP contribution in [0.15, 0.2) is 29.2 Å². The number of pyridine rings is 1. The van der Waals surface area contributed by atoms with Crippen molar-refractivity contribution in [3.63, 3.8) is 0 Å². The lowest BCUT2D eigenvalue weighted by Crippen LogP contribution is -2.62. The van der Waals surface area contributed by atoms with Crippen molar-refractivity contribution in [2.45, 2.75) is 32.5 Å². The van der Waals surface area contributed by atoms with Crippen molar-refractivity contribution < 1.29 is 14.7 Å². The molecular weight excluding hydrogens is 439 g/mol. The molecule has 0 saturated carbocycles. The van der Waals surface area contributed by atoms with Gasteiger partial charge in [0.1, 0.15) is 11.7 Å². The van der Waals surface area contributed by atoms with Gasteiger partial charge < -0.3 is 15.3 Å². The second-order valence-electron chi connectivity index (χ2n) is 8.13. The van der Waals surface area contributed by atoms with Gasteiger partial charge in [0.2, 0.25) is 5.43 Å². The average Bonchev–Trinajstić information content (AvgIpc) is 2.73. The third kappa shape index (κ3) is 3.79. The number of carbonyl (C=O) groups excluding carboxylic acids is 2. The summed E-state index contributed by atoms with van der Waals surface area (Å²) < 4.78 is 1.48. The number of rotatable bonds is 3. The molecule has 164 valence electrons. The summed E-state index contributed by atoms with van der Waals surface area (Å²) in [4.78, 5) is 40.0. The lowest BCUT2D eigenvalue weighted by atomic mass is 9.96. The number of amides is 2. The Morgan fingerprint density at radius 2 is 2.10 bits per heavy atom. The van der Waals surface area contributed by atoms with Gasteiger partial charge in [-0.15, -0.1) is 9.24 Å². The van der Waals surface area contributed by atoms with E-state index in [-0.39, 0.29) is 24.0 Å². The van der Waals surface area contributed by atoms with E-state index in [4.69, 9.17) is 11.6 Å². The topological polar surface area (TPSA) is 94.9 Å². The Hall–Kier alpha value is -2.57. The molecule has 2 amide bonds. The standard InChI is InChI=1S/C21H24ClN4O4P/c1-11-5-6-25-16(7-11)24(2)21(30)17-19(28)18(27)14(10-26(17)25)20(29)23-9-12-3-4-13(22)8-15(12)31/h3-4,8,10-11,16,28H,5-7,9,31H2,1-2H3,(H,23,29)/t11-,16+/m1/s1. The van der Waals surface area contributed by atoms with Gasteiger partial charge in [-0.05, 0) is 41.8 Å². The number of halogens is 1. The zero-order valence-electron chi connectivity index (χ0n) is 17.3. The fraction of sp³-hybridized carbons (Fsp3) is 0.381. The molecule has 1 fully saturated rings. The van der Waals surface area contributed by atoms with Gasteiger partial charge >= 0.3 is 0 Å². The van der Waals surface area contributed by atoms with Crippen LogP contribution < -0.4 is 21.1 Å². The lowest BCUT2D eigenvalue weighted by molar-refractivity contribution is 0.0557. The van der Waals surface area contributed by atoms with Gasteiger partial charge in [0.15, 0.2) is 11.4 Å². The first kappa shape index (κ1) is 21.7. The van der Waals surface area contributed by atoms with E-state index in [2.05, 4.69) is 21.5 Å². The van der Waals surface area contributed by atoms with Crippen LogP contribution in [-0.2, 0) is 6.54 Å². The maximum absolute atomic E-state index is 12.9. The largest absolute Gasteiger partial charge is 0.502 e. The van der Waals surface area contributed by atoms with Crippen LogP contribution in [-0.4, -0.2) is 46.3 Å². The molecule has 8 nitrogen and oxygen atoms in total. The molecule has 2 aliphatic heterocycles. The van der Waals surface area contributed by atoms with Crippen LogP contribution in [0.2, 0.25) is 5.02 Å². The predicted octanol–water partition coefficient (Wildman–Crippen LogP) is 1.42. The first-order chi connectivity index (χ1) is 14.7. The molecular formula is C21H24ClN4O4P. The first-order valence-corrected chi connectivity index (χ1v) is 11.0. The van der Waals surface area contributed by atoms with Crippen LogP contribution in [0.5, 0.6) is 5.75 Å². The molecule has 0 radical (unpaired) electrons. The molecule has 2 aliphatic rings. The molecule has 2 aromatic rings. The lowest BCUT2D eigenvalue weighted by Gasteiger charge is -2.49. The highest BCUT2D eigenvalue weighted by molar-refractivity contribution is 7.27. The molecule has 4 rings (SSSR count). The smallest absolute Gasteiger partial charge is 0.277 e. The van der Waals surface area contributed by atoms with E-state index in [0.29, 0.717) is 17.5 Å². The van der Waals surface area contributed by atoms with Crippen molar-refractivity contribution in [2.75, 3.05) is 18.6 Å². The number of aromatic hydroxyl groups is 1. The Bertz CT molecular complexity index is 1140. The van der Waals surface area contributed by atoms with Gasteiger partial charge in [-0.2, -0.15) is 0 Å². The van der Waals surface area contributed by atoms with Crippen molar-refractivity contribution in [1.29, 1.82) is 0 Å². The highest BCUT2D eigenvalue weighted by atomic mass is 35.5. The van der Waals surface area contributed by atoms with Crippen molar-refractivity contribution in [1.82, 2.24) is 14.9 Å². The monoisotopic (exact) mass is 462 g/mol. The van der Waals surface area contributed by atoms with Gasteiger partial charge in [-0.3, -0.25) is 24.1 Å². The van der Waals surface area contributed by atoms with Crippen LogP contribution in [0, 0.1) is 5.92 Å². The van der Waals surface area contributed by atoms with Crippen molar-refractivity contribution in [3.05, 3.63) is 56.5 Å². The molecule has 1 saturated heterocycles. The Morgan fingerprint density at radius 3 is 2.81 bits per heavy atom. The minimum atomic E-state index is -0.864. The second-order valence-corrected chi connectivity index (χ2v) is 9.19. The summed E-state index contributed by atoms with van der Waals surface area (Å²) in [6, 6.07) is 5.26. The van der Waals surface area contributed by atoms with Gasteiger partial charge in [0, 0.05) is 31.4 Å². The zero-order valence-corrected chi connectivity index (χ0v) is 19.2. The summed E-state index contributed by atoms with van der Waals surface area (Å²) >= 11 is 5.96. The number of hydrogen-bond acceptors (Lipinski definition) is 5. The summed E-state index contributed by atoms with van der Waals surface area (Å²) in [6.45, 7) is 2.95. The Balaban J connectivity index is 1.68. The fourth-order valence-corrected chi connectivity index (χ4v) is 4.83. The van der Waals surface area contributed by atoms with Crippen LogP contribution in [0.4, 0.5) is 0 Å². The number of benzene rings is 1. The minimum absolute atomic E-state index is 0.111. The average molecular weight is 463 g/mol. The van der Waals surface area contributed by atoms with E-state index in [0.717, 1.165) is 23.7 Å². The molecule has 0 bridgehead atoms. The highest BCUT2D eigenvalue weighted by Gasteiger charge is 2.41. The molecule has 0 aliphatic carbocycles. The number of aromatic nitrogens is 1. The molecule has 3 atom stereocenters. The molecule has 1 aromatic carbocycles. The molecule has 10 heteroatoms. The van der Waals surface area contributed by atoms with Crippen molar-refractivity contribution >= 4 is 38.0 Å². The molecule has 1 aromatic heterocycles. The van der Waals surface area contributed by atoms with E-state index < -0.39 is 23.0 Å². The summed E-state index contributed by atoms with van der Waals surface area (Å²) in [5.41, 5.74) is -0.363. The summed E-state index contributed by atoms with van der Waals surface area (Å²) in [7, 11) is 4.22. The number of nitrogens with zero attached hydrogens (tertiary/aromatic N) is 3. The number of fused-ring (bicyclic) bond motifs is 3. The van der Waals surface area contributed by atoms with Gasteiger partial charge in [0.05, 0.1) is 0 Å². The maximum Gasteiger partial charge on any atom is 0.277 e. The first-order valence-electron chi connectivity index (χ1n) is 10.0. The van der Waals surface area contributed by atoms with Crippen molar-refractivity contribution in [2.24, 2.45) is 5.92 Å². The van der Waals surface area contributed by atoms with Crippen LogP contribution in [0.3, 0.4) is 0 Å². The number of piperidine rings is 1. The third-order valence-electron chi connectivity index (χ3n) is 6.01. The fourth-order valence-electron chi connectivity index (χ4n) is 4.16. The summed E-state index contributed by atoms with van der Waals surface area (Å²) in [5.74, 6) is -1.33. The van der Waals surface area contributed by atoms with E-state index in [1.807, 2.05) is 5.01 Å². The van der Waals surface area contributed by atoms with Crippen LogP contribution in [0.25, 0.3) is 0 Å². The normalized spacial score (nSPS) is 20.3. The zero-order chi connectivity index (χ0) is 22.4. The van der Waals surface area contributed by atoms with E-state index in [9.17, 15) is 19.5 Å². The molecule has 0 spiro atoms. The van der Waals surface area contributed by atoms with Gasteiger partial charge in [0.25, 0.3) is 11.8 Å². The minimum Gasteiger partial charge on any atom is -0.502 e. The summed E-state index contributed by atoms with van der Waals surface area (Å²) in [5, 5.41) is 16.6. The maximum atomic E-state index is 12.9. The molecule has 2 N–H and O–H groups in total. The Kier molecular flexibility index (Phi) is 5.71. The predicted molar refractivity (Wildman–Crippen MR) is 122 cm³/mol. The van der Waals surface area contributed by atoms with E-state index >= 15 is 0 Å². The Morgan fingerprint density at radius 1 is 1.35 bits per heavy atom. The quantitative estimate of drug-likeness (QED) is 0.673. The van der Waals surface area contributed by atoms with Crippen LogP contribution >= 0.6 is 20.8 Å². The SMILES string of the molecule is C[C@@H]1CCN2[C@@H](C1)N(C)C(=O)c1c(O)c(=O)c(C(=O)NCc3ccc(Cl)cc3P)cn12. The second kappa shape index (κ2) is 8.17. The molecule has 3 heterocycles. The summed E-state index contributed by atoms with van der Waals surface area (Å²) in [6.07, 6.45) is 2.84. The number of nitrogens with one attached hydrogen (secondary N) is 1. The third-order valence-corrected chi connectivity index (χ3v) is 6.78. The van der Waals surface area contributed by atoms with Gasteiger partial charge in [-0.25, -0.2) is 0 Å². The van der Waals surface area contributed by atoms with E-state index in [1.165, 1.54) is 10.9 Å². The highest BCUT2D eigenvalue weighted by Crippen LogP contribution is 2.30. The van der Waals surface area contributed by atoms with Gasteiger partial charge in [-0.1, -0.05) is 24.6 Å². The van der Waals surface area contributed by atoms with Crippen LogP contribution in [0.1, 0.15) is 46.2 Å². The molecule has 1 unspecified atom stereocenters. The number of carbonyl (C=O) groups is 2. The molecule has 31 heavy (non-hydrogen) atoms. The van der Waals surface area contributed by atoms with E-state index in [1.54, 1.807) is 30.1 Å². The number of hydrogen-bond donors (Lipinski definition) is 2. The van der Waals surface area contributed by atoms with Crippen molar-refractivity contribution in [3.8, 4) is 5.75 Å². The Labute approximate surface area is 187 Å².